The molecule has 0 saturated heterocycles. The van der Waals surface area contributed by atoms with Gasteiger partial charge in [0.05, 0.1) is 5.69 Å². The zero-order valence-electron chi connectivity index (χ0n) is 7.27. The number of hydroxylamine groups is 1. The molecule has 0 aromatic heterocycles. The molecule has 5 N–H and O–H groups in total. The molecule has 14 heavy (non-hydrogen) atoms. The van der Waals surface area contributed by atoms with E-state index in [2.05, 4.69) is 10.3 Å². The molecule has 0 unspecified atom stereocenters. The third-order valence-electron chi connectivity index (χ3n) is 1.35. The molecule has 0 aliphatic rings. The number of nitrogens with one attached hydrogen (secondary N) is 2. The fourth-order valence-corrected chi connectivity index (χ4v) is 0.814. The molecule has 74 valence electrons. The number of nitrogens with zero attached hydrogens (tertiary/aromatic N) is 1. The van der Waals surface area contributed by atoms with Crippen molar-refractivity contribution in [1.29, 1.82) is 0 Å². The van der Waals surface area contributed by atoms with Crippen molar-refractivity contribution < 1.29 is 10.0 Å². The number of carbonyl (C=O) groups is 1. The van der Waals surface area contributed by atoms with Gasteiger partial charge in [-0.1, -0.05) is 18.2 Å². The van der Waals surface area contributed by atoms with Gasteiger partial charge in [0, 0.05) is 0 Å². The van der Waals surface area contributed by atoms with E-state index in [0.29, 0.717) is 5.69 Å². The van der Waals surface area contributed by atoms with Crippen LogP contribution < -0.4 is 16.5 Å². The molecule has 1 rings (SSSR count). The Bertz CT molecular complexity index is 336. The number of para-hydroxylation sites is 1. The quantitative estimate of drug-likeness (QED) is 0.224. The van der Waals surface area contributed by atoms with Crippen LogP contribution in [0.1, 0.15) is 0 Å². The zero-order chi connectivity index (χ0) is 10.4. The van der Waals surface area contributed by atoms with Crippen LogP contribution in [0.15, 0.2) is 35.3 Å². The van der Waals surface area contributed by atoms with Gasteiger partial charge in [-0.05, 0) is 12.1 Å². The largest absolute Gasteiger partial charge is 0.369 e. The fraction of sp³-hybridized carbons (Fsp3) is 0. The third-order valence-corrected chi connectivity index (χ3v) is 1.35. The highest BCUT2D eigenvalue weighted by Gasteiger charge is 1.98. The van der Waals surface area contributed by atoms with Crippen LogP contribution in [0, 0.1) is 0 Å². The molecule has 1 aromatic carbocycles. The lowest BCUT2D eigenvalue weighted by Crippen LogP contribution is -2.41. The van der Waals surface area contributed by atoms with Crippen molar-refractivity contribution in [2.75, 3.05) is 0 Å². The molecule has 1 aromatic rings. The van der Waals surface area contributed by atoms with E-state index in [4.69, 9.17) is 10.9 Å². The molecule has 0 fully saturated rings. The predicted octanol–water partition coefficient (Wildman–Crippen LogP) is 0.321. The van der Waals surface area contributed by atoms with Gasteiger partial charge < -0.3 is 5.73 Å². The van der Waals surface area contributed by atoms with Crippen LogP contribution >= 0.6 is 0 Å². The number of amides is 2. The van der Waals surface area contributed by atoms with E-state index >= 15 is 0 Å². The summed E-state index contributed by atoms with van der Waals surface area (Å²) in [6, 6.07) is 8.04. The van der Waals surface area contributed by atoms with Gasteiger partial charge in [-0.3, -0.25) is 10.5 Å². The van der Waals surface area contributed by atoms with Gasteiger partial charge in [-0.25, -0.2) is 15.3 Å². The number of hydrogen-bond acceptors (Lipinski definition) is 3. The van der Waals surface area contributed by atoms with E-state index in [1.807, 2.05) is 6.07 Å². The minimum absolute atomic E-state index is 0.0947. The maximum atomic E-state index is 10.6. The summed E-state index contributed by atoms with van der Waals surface area (Å²) in [4.78, 5) is 14.4. The Balaban J connectivity index is 2.65. The Labute approximate surface area is 80.4 Å². The smallest absolute Gasteiger partial charge is 0.345 e. The molecule has 0 atom stereocenters. The van der Waals surface area contributed by atoms with Crippen LogP contribution in [-0.4, -0.2) is 17.2 Å². The molecular formula is C8H10N4O2. The summed E-state index contributed by atoms with van der Waals surface area (Å²) in [6.07, 6.45) is 0. The molecular weight excluding hydrogens is 184 g/mol. The number of urea groups is 1. The van der Waals surface area contributed by atoms with Gasteiger partial charge in [0.1, 0.15) is 0 Å². The summed E-state index contributed by atoms with van der Waals surface area (Å²) in [6.45, 7) is 0. The van der Waals surface area contributed by atoms with Crippen LogP contribution in [0.5, 0.6) is 0 Å². The van der Waals surface area contributed by atoms with E-state index in [0.717, 1.165) is 0 Å². The first-order valence-electron chi connectivity index (χ1n) is 3.82. The molecule has 6 heteroatoms. The first-order chi connectivity index (χ1) is 6.72. The van der Waals surface area contributed by atoms with Crippen molar-refractivity contribution in [3.05, 3.63) is 30.3 Å². The normalized spacial score (nSPS) is 10.8. The number of carbonyl (C=O) groups excluding carboxylic acids is 1. The molecule has 0 spiro atoms. The van der Waals surface area contributed by atoms with Crippen LogP contribution in [0.2, 0.25) is 0 Å². The number of nitrogens with two attached hydrogens (primary N) is 1. The molecule has 0 heterocycles. The van der Waals surface area contributed by atoms with Crippen molar-refractivity contribution >= 4 is 17.7 Å². The van der Waals surface area contributed by atoms with E-state index < -0.39 is 6.03 Å². The van der Waals surface area contributed by atoms with Crippen LogP contribution in [0.25, 0.3) is 0 Å². The zero-order valence-corrected chi connectivity index (χ0v) is 7.27. The monoisotopic (exact) mass is 194 g/mol. The Hall–Kier alpha value is -2.08. The minimum Gasteiger partial charge on any atom is -0.369 e. The summed E-state index contributed by atoms with van der Waals surface area (Å²) in [5, 5.41) is 10.3. The first kappa shape index (κ1) is 10.0. The first-order valence-corrected chi connectivity index (χ1v) is 3.82. The maximum absolute atomic E-state index is 10.6. The lowest BCUT2D eigenvalue weighted by molar-refractivity contribution is 0.165. The number of hydrogen-bond donors (Lipinski definition) is 4. The highest BCUT2D eigenvalue weighted by molar-refractivity contribution is 5.95. The highest BCUT2D eigenvalue weighted by atomic mass is 16.5. The maximum Gasteiger partial charge on any atom is 0.345 e. The van der Waals surface area contributed by atoms with Crippen molar-refractivity contribution in [2.24, 2.45) is 10.7 Å². The Kier molecular flexibility index (Phi) is 3.45. The lowest BCUT2D eigenvalue weighted by Gasteiger charge is -2.01. The van der Waals surface area contributed by atoms with E-state index in [1.165, 1.54) is 5.48 Å². The highest BCUT2D eigenvalue weighted by Crippen LogP contribution is 2.08. The number of benzene rings is 1. The van der Waals surface area contributed by atoms with E-state index in [9.17, 15) is 4.79 Å². The van der Waals surface area contributed by atoms with Crippen molar-refractivity contribution in [2.45, 2.75) is 0 Å². The minimum atomic E-state index is -0.831. The summed E-state index contributed by atoms with van der Waals surface area (Å²) < 4.78 is 0. The van der Waals surface area contributed by atoms with Crippen molar-refractivity contribution in [3.8, 4) is 0 Å². The van der Waals surface area contributed by atoms with Gasteiger partial charge in [0.25, 0.3) is 0 Å². The average molecular weight is 194 g/mol. The fourth-order valence-electron chi connectivity index (χ4n) is 0.814. The topological polar surface area (TPSA) is 99.7 Å². The lowest BCUT2D eigenvalue weighted by atomic mass is 10.3. The Morgan fingerprint density at radius 1 is 1.36 bits per heavy atom. The van der Waals surface area contributed by atoms with Gasteiger partial charge in [-0.15, -0.1) is 0 Å². The second-order valence-corrected chi connectivity index (χ2v) is 2.40. The molecule has 0 radical (unpaired) electrons. The summed E-state index contributed by atoms with van der Waals surface area (Å²) in [5.74, 6) is -0.0947. The number of aliphatic imine (C=N–C) groups is 1. The number of guanidine groups is 1. The van der Waals surface area contributed by atoms with E-state index in [-0.39, 0.29) is 5.96 Å². The second-order valence-electron chi connectivity index (χ2n) is 2.40. The Morgan fingerprint density at radius 3 is 2.57 bits per heavy atom. The van der Waals surface area contributed by atoms with Gasteiger partial charge >= 0.3 is 6.03 Å². The third kappa shape index (κ3) is 3.11. The predicted molar refractivity (Wildman–Crippen MR) is 51.2 cm³/mol. The van der Waals surface area contributed by atoms with Crippen LogP contribution in [-0.2, 0) is 0 Å². The Morgan fingerprint density at radius 2 is 2.00 bits per heavy atom. The van der Waals surface area contributed by atoms with Gasteiger partial charge in [-0.2, -0.15) is 0 Å². The molecule has 0 bridgehead atoms. The second kappa shape index (κ2) is 4.83. The van der Waals surface area contributed by atoms with Crippen LogP contribution in [0.4, 0.5) is 10.5 Å². The molecule has 0 aliphatic carbocycles. The molecule has 0 saturated carbocycles. The molecule has 0 aliphatic heterocycles. The SMILES string of the molecule is NC(=Nc1ccccc1)NC(=O)NO. The van der Waals surface area contributed by atoms with Gasteiger partial charge in [0.15, 0.2) is 0 Å². The standard InChI is InChI=1S/C8H10N4O2/c9-7(11-8(13)12-14)10-6-4-2-1-3-5-6/h1-5,14H,(H4,9,10,11,12,13). The van der Waals surface area contributed by atoms with Crippen molar-refractivity contribution in [1.82, 2.24) is 10.8 Å². The van der Waals surface area contributed by atoms with E-state index in [1.54, 1.807) is 24.3 Å². The van der Waals surface area contributed by atoms with Crippen LogP contribution in [0.3, 0.4) is 0 Å². The summed E-state index contributed by atoms with van der Waals surface area (Å²) in [5.41, 5.74) is 7.33. The van der Waals surface area contributed by atoms with Crippen molar-refractivity contribution in [3.63, 3.8) is 0 Å². The van der Waals surface area contributed by atoms with Gasteiger partial charge in [0.2, 0.25) is 5.96 Å². The average Bonchev–Trinajstić information content (AvgIpc) is 2.19. The number of rotatable bonds is 1. The summed E-state index contributed by atoms with van der Waals surface area (Å²) in [7, 11) is 0. The molecule has 2 amide bonds. The summed E-state index contributed by atoms with van der Waals surface area (Å²) >= 11 is 0. The molecule has 6 nitrogen and oxygen atoms in total.